The lowest BCUT2D eigenvalue weighted by Gasteiger charge is -2.09. The minimum atomic E-state index is -4.62. The smallest absolute Gasteiger partial charge is 0.206 e. The van der Waals surface area contributed by atoms with Crippen LogP contribution < -0.4 is 0 Å². The zero-order chi connectivity index (χ0) is 11.5. The first-order valence-corrected chi connectivity index (χ1v) is 5.49. The third-order valence-electron chi connectivity index (χ3n) is 1.94. The predicted octanol–water partition coefficient (Wildman–Crippen LogP) is 4.17. The number of halogens is 5. The molecule has 84 valence electrons. The molecule has 1 aromatic carbocycles. The van der Waals surface area contributed by atoms with Crippen LogP contribution in [-0.2, 0) is 12.6 Å². The summed E-state index contributed by atoms with van der Waals surface area (Å²) in [6.45, 7) is 0. The predicted molar refractivity (Wildman–Crippen MR) is 53.5 cm³/mol. The second-order valence-corrected chi connectivity index (χ2v) is 3.90. The zero-order valence-electron chi connectivity index (χ0n) is 7.74. The van der Waals surface area contributed by atoms with Crippen molar-refractivity contribution in [1.29, 1.82) is 0 Å². The largest absolute Gasteiger partial charge is 0.419 e. The lowest BCUT2D eigenvalue weighted by atomic mass is 10.1. The van der Waals surface area contributed by atoms with Gasteiger partial charge < -0.3 is 0 Å². The number of rotatable bonds is 3. The maximum atomic E-state index is 12.9. The minimum Gasteiger partial charge on any atom is -0.206 e. The van der Waals surface area contributed by atoms with Crippen LogP contribution in [0.25, 0.3) is 0 Å². The molecule has 0 nitrogen and oxygen atoms in total. The van der Waals surface area contributed by atoms with E-state index in [1.807, 2.05) is 0 Å². The van der Waals surface area contributed by atoms with Crippen LogP contribution in [-0.4, -0.2) is 5.33 Å². The van der Waals surface area contributed by atoms with Crippen molar-refractivity contribution in [3.63, 3.8) is 0 Å². The summed E-state index contributed by atoms with van der Waals surface area (Å²) in [7, 11) is 0. The summed E-state index contributed by atoms with van der Waals surface area (Å²) in [5, 5.41) is 0.714. The summed E-state index contributed by atoms with van der Waals surface area (Å²) in [5.74, 6) is -1.22. The molecule has 0 aliphatic carbocycles. The normalized spacial score (nSPS) is 11.8. The van der Waals surface area contributed by atoms with E-state index in [0.29, 0.717) is 17.3 Å². The highest BCUT2D eigenvalue weighted by molar-refractivity contribution is 9.09. The quantitative estimate of drug-likeness (QED) is 0.577. The van der Waals surface area contributed by atoms with Crippen LogP contribution in [0, 0.1) is 5.82 Å². The van der Waals surface area contributed by atoms with Crippen LogP contribution in [0.1, 0.15) is 17.5 Å². The average molecular weight is 285 g/mol. The van der Waals surface area contributed by atoms with Gasteiger partial charge in [0.1, 0.15) is 5.82 Å². The van der Waals surface area contributed by atoms with Crippen LogP contribution in [0.5, 0.6) is 0 Å². The van der Waals surface area contributed by atoms with E-state index in [1.54, 1.807) is 0 Å². The van der Waals surface area contributed by atoms with Gasteiger partial charge in [0.15, 0.2) is 0 Å². The molecular formula is C10H9BrF4. The number of hydrogen-bond donors (Lipinski definition) is 0. The van der Waals surface area contributed by atoms with Crippen LogP contribution in [0.3, 0.4) is 0 Å². The monoisotopic (exact) mass is 284 g/mol. The molecule has 0 unspecified atom stereocenters. The lowest BCUT2D eigenvalue weighted by molar-refractivity contribution is -0.140. The molecule has 0 radical (unpaired) electrons. The van der Waals surface area contributed by atoms with Crippen molar-refractivity contribution in [3.05, 3.63) is 35.1 Å². The molecule has 0 aliphatic rings. The maximum Gasteiger partial charge on any atom is 0.419 e. The van der Waals surface area contributed by atoms with Crippen LogP contribution >= 0.6 is 15.9 Å². The molecule has 0 N–H and O–H groups in total. The highest BCUT2D eigenvalue weighted by Crippen LogP contribution is 2.32. The first kappa shape index (κ1) is 12.5. The molecular weight excluding hydrogens is 276 g/mol. The van der Waals surface area contributed by atoms with Gasteiger partial charge in [0.25, 0.3) is 0 Å². The SMILES string of the molecule is Fc1ccc(CCCBr)cc1C(F)(F)F. The average Bonchev–Trinajstić information content (AvgIpc) is 2.15. The summed E-state index contributed by atoms with van der Waals surface area (Å²) in [6, 6.07) is 3.12. The Bertz CT molecular complexity index is 333. The summed E-state index contributed by atoms with van der Waals surface area (Å²) in [6.07, 6.45) is -3.38. The van der Waals surface area contributed by atoms with E-state index < -0.39 is 17.6 Å². The van der Waals surface area contributed by atoms with E-state index in [4.69, 9.17) is 0 Å². The minimum absolute atomic E-state index is 0.503. The fourth-order valence-corrected chi connectivity index (χ4v) is 1.50. The van der Waals surface area contributed by atoms with E-state index in [9.17, 15) is 17.6 Å². The van der Waals surface area contributed by atoms with Gasteiger partial charge in [-0.05, 0) is 30.5 Å². The van der Waals surface area contributed by atoms with Crippen molar-refractivity contribution >= 4 is 15.9 Å². The van der Waals surface area contributed by atoms with Gasteiger partial charge in [0.2, 0.25) is 0 Å². The van der Waals surface area contributed by atoms with Crippen LogP contribution in [0.15, 0.2) is 18.2 Å². The molecule has 0 aliphatic heterocycles. The number of aryl methyl sites for hydroxylation is 1. The third-order valence-corrected chi connectivity index (χ3v) is 2.50. The van der Waals surface area contributed by atoms with E-state index in [1.165, 1.54) is 6.07 Å². The molecule has 15 heavy (non-hydrogen) atoms. The van der Waals surface area contributed by atoms with Gasteiger partial charge in [-0.2, -0.15) is 13.2 Å². The number of hydrogen-bond acceptors (Lipinski definition) is 0. The lowest BCUT2D eigenvalue weighted by Crippen LogP contribution is -2.08. The summed E-state index contributed by atoms with van der Waals surface area (Å²) in [4.78, 5) is 0. The zero-order valence-corrected chi connectivity index (χ0v) is 9.33. The summed E-state index contributed by atoms with van der Waals surface area (Å²) >= 11 is 3.18. The number of benzene rings is 1. The summed E-state index contributed by atoms with van der Waals surface area (Å²) in [5.41, 5.74) is -0.683. The van der Waals surface area contributed by atoms with Crippen molar-refractivity contribution < 1.29 is 17.6 Å². The molecule has 0 atom stereocenters. The molecule has 1 aromatic rings. The van der Waals surface area contributed by atoms with Crippen molar-refractivity contribution in [1.82, 2.24) is 0 Å². The van der Waals surface area contributed by atoms with Crippen molar-refractivity contribution in [2.75, 3.05) is 5.33 Å². The Morgan fingerprint density at radius 2 is 1.87 bits per heavy atom. The highest BCUT2D eigenvalue weighted by Gasteiger charge is 2.33. The Labute approximate surface area is 93.4 Å². The van der Waals surface area contributed by atoms with E-state index in [-0.39, 0.29) is 0 Å². The molecule has 0 aromatic heterocycles. The van der Waals surface area contributed by atoms with E-state index in [2.05, 4.69) is 15.9 Å². The Hall–Kier alpha value is -0.580. The maximum absolute atomic E-state index is 12.9. The Morgan fingerprint density at radius 1 is 1.20 bits per heavy atom. The third kappa shape index (κ3) is 3.48. The number of alkyl halides is 4. The molecule has 0 saturated heterocycles. The van der Waals surface area contributed by atoms with Gasteiger partial charge in [0, 0.05) is 5.33 Å². The topological polar surface area (TPSA) is 0 Å². The molecule has 1 rings (SSSR count). The molecule has 0 spiro atoms. The second kappa shape index (κ2) is 4.96. The van der Waals surface area contributed by atoms with Gasteiger partial charge in [-0.15, -0.1) is 0 Å². The van der Waals surface area contributed by atoms with Gasteiger partial charge >= 0.3 is 6.18 Å². The molecule has 0 bridgehead atoms. The van der Waals surface area contributed by atoms with Gasteiger partial charge in [0.05, 0.1) is 5.56 Å². The fraction of sp³-hybridized carbons (Fsp3) is 0.400. The highest BCUT2D eigenvalue weighted by atomic mass is 79.9. The van der Waals surface area contributed by atoms with Crippen molar-refractivity contribution in [3.8, 4) is 0 Å². The fourth-order valence-electron chi connectivity index (χ4n) is 1.22. The Balaban J connectivity index is 2.95. The Morgan fingerprint density at radius 3 is 2.40 bits per heavy atom. The van der Waals surface area contributed by atoms with E-state index >= 15 is 0 Å². The van der Waals surface area contributed by atoms with Gasteiger partial charge in [-0.25, -0.2) is 4.39 Å². The van der Waals surface area contributed by atoms with Crippen molar-refractivity contribution in [2.24, 2.45) is 0 Å². The first-order chi connectivity index (χ1) is 6.95. The first-order valence-electron chi connectivity index (χ1n) is 4.36. The molecule has 0 heterocycles. The molecule has 0 fully saturated rings. The van der Waals surface area contributed by atoms with Gasteiger partial charge in [-0.3, -0.25) is 0 Å². The van der Waals surface area contributed by atoms with Gasteiger partial charge in [-0.1, -0.05) is 22.0 Å². The van der Waals surface area contributed by atoms with E-state index in [0.717, 1.165) is 18.6 Å². The van der Waals surface area contributed by atoms with Crippen LogP contribution in [0.4, 0.5) is 17.6 Å². The Kier molecular flexibility index (Phi) is 4.13. The van der Waals surface area contributed by atoms with Crippen LogP contribution in [0.2, 0.25) is 0 Å². The standard InChI is InChI=1S/C10H9BrF4/c11-5-1-2-7-3-4-9(12)8(6-7)10(13,14)15/h3-4,6H,1-2,5H2. The van der Waals surface area contributed by atoms with Crippen molar-refractivity contribution in [2.45, 2.75) is 19.0 Å². The summed E-state index contributed by atoms with van der Waals surface area (Å²) < 4.78 is 49.8. The molecule has 0 saturated carbocycles. The molecule has 5 heteroatoms. The second-order valence-electron chi connectivity index (χ2n) is 3.10. The molecule has 0 amide bonds.